The van der Waals surface area contributed by atoms with Gasteiger partial charge in [0.25, 0.3) is 0 Å². The predicted molar refractivity (Wildman–Crippen MR) is 92.1 cm³/mol. The van der Waals surface area contributed by atoms with Crippen LogP contribution in [0.1, 0.15) is 37.8 Å². The van der Waals surface area contributed by atoms with E-state index >= 15 is 0 Å². The molecule has 9 heteroatoms. The molecule has 0 bridgehead atoms. The predicted octanol–water partition coefficient (Wildman–Crippen LogP) is 2.81. The number of nitrogens with one attached hydrogen (secondary N) is 3. The summed E-state index contributed by atoms with van der Waals surface area (Å²) in [6.07, 6.45) is -3.62. The van der Waals surface area contributed by atoms with Gasteiger partial charge in [-0.25, -0.2) is 4.39 Å². The van der Waals surface area contributed by atoms with Crippen LogP contribution in [-0.4, -0.2) is 31.5 Å². The third-order valence-corrected chi connectivity index (χ3v) is 3.71. The molecule has 5 nitrogen and oxygen atoms in total. The molecule has 1 aromatic rings. The summed E-state index contributed by atoms with van der Waals surface area (Å²) in [6, 6.07) is 2.60. The van der Waals surface area contributed by atoms with Crippen molar-refractivity contribution in [3.63, 3.8) is 0 Å². The van der Waals surface area contributed by atoms with Crippen LogP contribution in [0.4, 0.5) is 17.6 Å². The molecule has 0 saturated heterocycles. The fourth-order valence-electron chi connectivity index (χ4n) is 2.11. The number of hydrogen-bond donors (Lipinski definition) is 3. The smallest absolute Gasteiger partial charge is 0.356 e. The van der Waals surface area contributed by atoms with Gasteiger partial charge in [-0.05, 0) is 31.0 Å². The first-order valence-corrected chi connectivity index (χ1v) is 8.26. The highest BCUT2D eigenvalue weighted by Gasteiger charge is 2.33. The fourth-order valence-corrected chi connectivity index (χ4v) is 2.11. The van der Waals surface area contributed by atoms with Gasteiger partial charge in [0.1, 0.15) is 5.82 Å². The van der Waals surface area contributed by atoms with Gasteiger partial charge in [0.15, 0.2) is 5.96 Å². The van der Waals surface area contributed by atoms with Crippen LogP contribution in [-0.2, 0) is 17.5 Å². The Balaban J connectivity index is 2.57. The number of halogens is 4. The number of guanidine groups is 1. The van der Waals surface area contributed by atoms with Gasteiger partial charge in [0.2, 0.25) is 5.91 Å². The monoisotopic (exact) mass is 376 g/mol. The second kappa shape index (κ2) is 9.98. The van der Waals surface area contributed by atoms with E-state index in [1.807, 2.05) is 13.8 Å². The van der Waals surface area contributed by atoms with Crippen LogP contribution >= 0.6 is 0 Å². The quantitative estimate of drug-likeness (QED) is 0.390. The SMILES string of the molecule is CCC(C)NC(=O)CCNC(=NC)NCc1ccc(F)cc1C(F)(F)F. The minimum Gasteiger partial charge on any atom is -0.356 e. The zero-order valence-electron chi connectivity index (χ0n) is 15.0. The Morgan fingerprint density at radius 2 is 1.96 bits per heavy atom. The summed E-state index contributed by atoms with van der Waals surface area (Å²) < 4.78 is 52.0. The normalized spacial score (nSPS) is 13.3. The van der Waals surface area contributed by atoms with Crippen molar-refractivity contribution < 1.29 is 22.4 Å². The van der Waals surface area contributed by atoms with Crippen LogP contribution in [0.15, 0.2) is 23.2 Å². The third-order valence-electron chi connectivity index (χ3n) is 3.71. The Morgan fingerprint density at radius 3 is 2.54 bits per heavy atom. The molecule has 1 aromatic carbocycles. The van der Waals surface area contributed by atoms with Gasteiger partial charge in [0.05, 0.1) is 5.56 Å². The van der Waals surface area contributed by atoms with Gasteiger partial charge in [-0.1, -0.05) is 13.0 Å². The minimum absolute atomic E-state index is 0.0826. The average molecular weight is 376 g/mol. The lowest BCUT2D eigenvalue weighted by atomic mass is 10.1. The first-order valence-electron chi connectivity index (χ1n) is 8.26. The van der Waals surface area contributed by atoms with Crippen LogP contribution in [0.2, 0.25) is 0 Å². The van der Waals surface area contributed by atoms with Crippen molar-refractivity contribution in [2.24, 2.45) is 4.99 Å². The van der Waals surface area contributed by atoms with Crippen molar-refractivity contribution in [1.82, 2.24) is 16.0 Å². The topological polar surface area (TPSA) is 65.5 Å². The van der Waals surface area contributed by atoms with Crippen molar-refractivity contribution in [3.05, 3.63) is 35.1 Å². The Labute approximate surface area is 150 Å². The van der Waals surface area contributed by atoms with Crippen LogP contribution in [0, 0.1) is 5.82 Å². The number of hydrogen-bond acceptors (Lipinski definition) is 2. The van der Waals surface area contributed by atoms with E-state index in [9.17, 15) is 22.4 Å². The standard InChI is InChI=1S/C17H24F4N4O/c1-4-11(2)25-15(26)7-8-23-16(22-3)24-10-12-5-6-13(18)9-14(12)17(19,20)21/h5-6,9,11H,4,7-8,10H2,1-3H3,(H,25,26)(H2,22,23,24). The first kappa shape index (κ1) is 21.7. The molecule has 3 N–H and O–H groups in total. The molecule has 0 spiro atoms. The molecule has 0 aromatic heterocycles. The highest BCUT2D eigenvalue weighted by atomic mass is 19.4. The molecule has 0 fully saturated rings. The molecule has 0 aliphatic heterocycles. The van der Waals surface area contributed by atoms with E-state index in [1.165, 1.54) is 7.05 Å². The number of nitrogens with zero attached hydrogens (tertiary/aromatic N) is 1. The van der Waals surface area contributed by atoms with Crippen molar-refractivity contribution in [2.45, 2.75) is 45.5 Å². The molecule has 0 aliphatic rings. The molecule has 0 aliphatic carbocycles. The van der Waals surface area contributed by atoms with E-state index in [4.69, 9.17) is 0 Å². The summed E-state index contributed by atoms with van der Waals surface area (Å²) in [6.45, 7) is 3.94. The maximum absolute atomic E-state index is 13.1. The van der Waals surface area contributed by atoms with Crippen molar-refractivity contribution >= 4 is 11.9 Å². The Bertz CT molecular complexity index is 632. The molecular formula is C17H24F4N4O. The number of amides is 1. The summed E-state index contributed by atoms with van der Waals surface area (Å²) in [7, 11) is 1.46. The molecular weight excluding hydrogens is 352 g/mol. The van der Waals surface area contributed by atoms with Crippen LogP contribution < -0.4 is 16.0 Å². The largest absolute Gasteiger partial charge is 0.416 e. The summed E-state index contributed by atoms with van der Waals surface area (Å²) in [5.41, 5.74) is -1.13. The van der Waals surface area contributed by atoms with Crippen molar-refractivity contribution in [2.75, 3.05) is 13.6 Å². The number of rotatable bonds is 7. The van der Waals surface area contributed by atoms with Gasteiger partial charge >= 0.3 is 6.18 Å². The molecule has 0 radical (unpaired) electrons. The number of carbonyl (C=O) groups excluding carboxylic acids is 1. The lowest BCUT2D eigenvalue weighted by Gasteiger charge is -2.16. The van der Waals surface area contributed by atoms with Crippen molar-refractivity contribution in [3.8, 4) is 0 Å². The van der Waals surface area contributed by atoms with Crippen LogP contribution in [0.5, 0.6) is 0 Å². The van der Waals surface area contributed by atoms with Crippen LogP contribution in [0.25, 0.3) is 0 Å². The summed E-state index contributed by atoms with van der Waals surface area (Å²) in [4.78, 5) is 15.6. The van der Waals surface area contributed by atoms with Gasteiger partial charge < -0.3 is 16.0 Å². The average Bonchev–Trinajstić information content (AvgIpc) is 2.57. The molecule has 146 valence electrons. The maximum atomic E-state index is 13.1. The molecule has 1 rings (SSSR count). The Hall–Kier alpha value is -2.32. The number of carbonyl (C=O) groups is 1. The molecule has 1 atom stereocenters. The Kier molecular flexibility index (Phi) is 8.34. The molecule has 1 unspecified atom stereocenters. The highest BCUT2D eigenvalue weighted by molar-refractivity contribution is 5.81. The van der Waals surface area contributed by atoms with E-state index in [-0.39, 0.29) is 43.0 Å². The third kappa shape index (κ3) is 7.28. The summed E-state index contributed by atoms with van der Waals surface area (Å²) >= 11 is 0. The van der Waals surface area contributed by atoms with Gasteiger partial charge in [0, 0.05) is 32.6 Å². The maximum Gasteiger partial charge on any atom is 0.416 e. The van der Waals surface area contributed by atoms with E-state index in [0.717, 1.165) is 18.6 Å². The van der Waals surface area contributed by atoms with Crippen LogP contribution in [0.3, 0.4) is 0 Å². The lowest BCUT2D eigenvalue weighted by molar-refractivity contribution is -0.138. The second-order valence-corrected chi connectivity index (χ2v) is 5.78. The fraction of sp³-hybridized carbons (Fsp3) is 0.529. The zero-order chi connectivity index (χ0) is 19.7. The number of aliphatic imine (C=N–C) groups is 1. The molecule has 0 saturated carbocycles. The summed E-state index contributed by atoms with van der Waals surface area (Å²) in [5.74, 6) is -0.824. The number of benzene rings is 1. The Morgan fingerprint density at radius 1 is 1.27 bits per heavy atom. The van der Waals surface area contributed by atoms with E-state index in [2.05, 4.69) is 20.9 Å². The minimum atomic E-state index is -4.65. The van der Waals surface area contributed by atoms with Crippen molar-refractivity contribution in [1.29, 1.82) is 0 Å². The van der Waals surface area contributed by atoms with E-state index in [1.54, 1.807) is 0 Å². The molecule has 26 heavy (non-hydrogen) atoms. The van der Waals surface area contributed by atoms with E-state index in [0.29, 0.717) is 6.07 Å². The zero-order valence-corrected chi connectivity index (χ0v) is 15.0. The molecule has 0 heterocycles. The highest BCUT2D eigenvalue weighted by Crippen LogP contribution is 2.32. The van der Waals surface area contributed by atoms with E-state index < -0.39 is 17.6 Å². The van der Waals surface area contributed by atoms with Gasteiger partial charge in [-0.15, -0.1) is 0 Å². The summed E-state index contributed by atoms with van der Waals surface area (Å²) in [5, 5.41) is 8.39. The van der Waals surface area contributed by atoms with Gasteiger partial charge in [-0.3, -0.25) is 9.79 Å². The van der Waals surface area contributed by atoms with Gasteiger partial charge in [-0.2, -0.15) is 13.2 Å². The molecule has 1 amide bonds. The number of alkyl halides is 3. The first-order chi connectivity index (χ1) is 12.2. The second-order valence-electron chi connectivity index (χ2n) is 5.78. The lowest BCUT2D eigenvalue weighted by Crippen LogP contribution is -2.40.